The molecule has 0 bridgehead atoms. The molecule has 2 amide bonds. The standard InChI is InChI=1S/C25H23FN4O2/c1-29-24(31)22-16-21(28-25(32)27-17-19-9-11-20(26)12-10-19)13-14-23(22)30(29)15-5-8-18-6-3-2-4-7-18/h2-14,16H,15,17H2,1H3,(H2,27,28,32)/b8-5+. The molecule has 0 fully saturated rings. The van der Waals surface area contributed by atoms with E-state index in [4.69, 9.17) is 0 Å². The first-order valence-electron chi connectivity index (χ1n) is 10.2. The number of carbonyl (C=O) groups excluding carboxylic acids is 1. The van der Waals surface area contributed by atoms with E-state index in [0.29, 0.717) is 17.6 Å². The first kappa shape index (κ1) is 21.1. The van der Waals surface area contributed by atoms with Gasteiger partial charge in [0.25, 0.3) is 5.56 Å². The number of urea groups is 1. The monoisotopic (exact) mass is 430 g/mol. The summed E-state index contributed by atoms with van der Waals surface area (Å²) in [6.07, 6.45) is 4.01. The fraction of sp³-hybridized carbons (Fsp3) is 0.120. The normalized spacial score (nSPS) is 11.2. The zero-order valence-electron chi connectivity index (χ0n) is 17.6. The number of amides is 2. The van der Waals surface area contributed by atoms with Crippen LogP contribution in [-0.4, -0.2) is 15.4 Å². The van der Waals surface area contributed by atoms with Gasteiger partial charge in [0, 0.05) is 19.3 Å². The number of nitrogens with zero attached hydrogens (tertiary/aromatic N) is 2. The number of hydrogen-bond acceptors (Lipinski definition) is 2. The van der Waals surface area contributed by atoms with Gasteiger partial charge < -0.3 is 10.6 Å². The minimum atomic E-state index is -0.407. The zero-order chi connectivity index (χ0) is 22.5. The van der Waals surface area contributed by atoms with E-state index < -0.39 is 6.03 Å². The van der Waals surface area contributed by atoms with Crippen molar-refractivity contribution in [3.05, 3.63) is 106 Å². The van der Waals surface area contributed by atoms with E-state index in [2.05, 4.69) is 10.6 Å². The van der Waals surface area contributed by atoms with Crippen LogP contribution >= 0.6 is 0 Å². The number of hydrogen-bond donors (Lipinski definition) is 2. The molecule has 3 aromatic carbocycles. The summed E-state index contributed by atoms with van der Waals surface area (Å²) in [5.74, 6) is -0.324. The fourth-order valence-electron chi connectivity index (χ4n) is 3.49. The second kappa shape index (κ2) is 9.34. The third kappa shape index (κ3) is 4.78. The second-order valence-electron chi connectivity index (χ2n) is 7.39. The Morgan fingerprint density at radius 1 is 1.03 bits per heavy atom. The minimum Gasteiger partial charge on any atom is -0.334 e. The molecule has 7 heteroatoms. The highest BCUT2D eigenvalue weighted by molar-refractivity contribution is 5.92. The number of allylic oxidation sites excluding steroid dienone is 1. The van der Waals surface area contributed by atoms with E-state index in [1.807, 2.05) is 53.2 Å². The SMILES string of the molecule is Cn1c(=O)c2cc(NC(=O)NCc3ccc(F)cc3)ccc2n1C/C=C/c1ccccc1. The molecule has 1 aromatic heterocycles. The van der Waals surface area contributed by atoms with E-state index >= 15 is 0 Å². The largest absolute Gasteiger partial charge is 0.334 e. The molecule has 0 aliphatic heterocycles. The highest BCUT2D eigenvalue weighted by Gasteiger charge is 2.11. The van der Waals surface area contributed by atoms with Crippen LogP contribution in [0.2, 0.25) is 0 Å². The molecule has 0 saturated carbocycles. The van der Waals surface area contributed by atoms with Crippen molar-refractivity contribution in [3.63, 3.8) is 0 Å². The molecule has 4 aromatic rings. The number of fused-ring (bicyclic) bond motifs is 1. The number of benzene rings is 3. The van der Waals surface area contributed by atoms with Gasteiger partial charge in [-0.1, -0.05) is 54.6 Å². The van der Waals surface area contributed by atoms with Crippen LogP contribution in [0.5, 0.6) is 0 Å². The lowest BCUT2D eigenvalue weighted by Gasteiger charge is -2.09. The molecular weight excluding hydrogens is 407 g/mol. The average molecular weight is 430 g/mol. The van der Waals surface area contributed by atoms with Crippen LogP contribution in [0.4, 0.5) is 14.9 Å². The Kier molecular flexibility index (Phi) is 6.17. The van der Waals surface area contributed by atoms with Gasteiger partial charge in [-0.15, -0.1) is 0 Å². The molecule has 4 rings (SSSR count). The number of carbonyl (C=O) groups is 1. The lowest BCUT2D eigenvalue weighted by Crippen LogP contribution is -2.28. The summed E-state index contributed by atoms with van der Waals surface area (Å²) in [5.41, 5.74) is 3.04. The maximum atomic E-state index is 13.0. The molecule has 0 saturated heterocycles. The van der Waals surface area contributed by atoms with Gasteiger partial charge in [-0.05, 0) is 41.5 Å². The number of halogens is 1. The van der Waals surface area contributed by atoms with Gasteiger partial charge in [0.05, 0.1) is 17.4 Å². The van der Waals surface area contributed by atoms with Gasteiger partial charge in [0.15, 0.2) is 0 Å². The van der Waals surface area contributed by atoms with E-state index in [1.54, 1.807) is 36.0 Å². The highest BCUT2D eigenvalue weighted by Crippen LogP contribution is 2.17. The number of nitrogens with one attached hydrogen (secondary N) is 2. The summed E-state index contributed by atoms with van der Waals surface area (Å²) >= 11 is 0. The van der Waals surface area contributed by atoms with E-state index in [1.165, 1.54) is 12.1 Å². The third-order valence-corrected chi connectivity index (χ3v) is 5.17. The van der Waals surface area contributed by atoms with Crippen LogP contribution in [0.15, 0.2) is 83.7 Å². The molecule has 162 valence electrons. The Morgan fingerprint density at radius 3 is 2.53 bits per heavy atom. The van der Waals surface area contributed by atoms with Gasteiger partial charge in [-0.2, -0.15) is 0 Å². The molecule has 32 heavy (non-hydrogen) atoms. The molecule has 6 nitrogen and oxygen atoms in total. The van der Waals surface area contributed by atoms with Crippen molar-refractivity contribution in [2.75, 3.05) is 5.32 Å². The predicted molar refractivity (Wildman–Crippen MR) is 125 cm³/mol. The molecule has 1 heterocycles. The van der Waals surface area contributed by atoms with Crippen LogP contribution in [0, 0.1) is 5.82 Å². The lowest BCUT2D eigenvalue weighted by atomic mass is 10.2. The Labute approximate surface area is 184 Å². The predicted octanol–water partition coefficient (Wildman–Crippen LogP) is 4.51. The quantitative estimate of drug-likeness (QED) is 0.473. The van der Waals surface area contributed by atoms with Crippen molar-refractivity contribution in [2.24, 2.45) is 7.05 Å². The van der Waals surface area contributed by atoms with Crippen molar-refractivity contribution in [2.45, 2.75) is 13.1 Å². The number of aromatic nitrogens is 2. The molecule has 0 atom stereocenters. The van der Waals surface area contributed by atoms with Gasteiger partial charge in [-0.3, -0.25) is 14.2 Å². The number of rotatable bonds is 6. The minimum absolute atomic E-state index is 0.136. The van der Waals surface area contributed by atoms with E-state index in [9.17, 15) is 14.0 Å². The van der Waals surface area contributed by atoms with E-state index in [-0.39, 0.29) is 17.9 Å². The molecule has 0 unspecified atom stereocenters. The van der Waals surface area contributed by atoms with Crippen LogP contribution in [0.1, 0.15) is 11.1 Å². The highest BCUT2D eigenvalue weighted by atomic mass is 19.1. The fourth-order valence-corrected chi connectivity index (χ4v) is 3.49. The van der Waals surface area contributed by atoms with Crippen molar-refractivity contribution in [1.29, 1.82) is 0 Å². The Hall–Kier alpha value is -4.13. The zero-order valence-corrected chi connectivity index (χ0v) is 17.6. The van der Waals surface area contributed by atoms with Gasteiger partial charge >= 0.3 is 6.03 Å². The maximum absolute atomic E-state index is 13.0. The first-order valence-corrected chi connectivity index (χ1v) is 10.2. The summed E-state index contributed by atoms with van der Waals surface area (Å²) in [6, 6.07) is 20.7. The molecule has 0 aliphatic rings. The average Bonchev–Trinajstić information content (AvgIpc) is 3.04. The Morgan fingerprint density at radius 2 is 1.78 bits per heavy atom. The lowest BCUT2D eigenvalue weighted by molar-refractivity contribution is 0.251. The van der Waals surface area contributed by atoms with Crippen LogP contribution in [0.3, 0.4) is 0 Å². The van der Waals surface area contributed by atoms with Crippen LogP contribution in [0.25, 0.3) is 17.0 Å². The molecule has 0 radical (unpaired) electrons. The van der Waals surface area contributed by atoms with Crippen LogP contribution in [-0.2, 0) is 20.1 Å². The molecule has 2 N–H and O–H groups in total. The van der Waals surface area contributed by atoms with Gasteiger partial charge in [0.2, 0.25) is 0 Å². The van der Waals surface area contributed by atoms with Crippen molar-refractivity contribution in [3.8, 4) is 0 Å². The number of anilines is 1. The first-order chi connectivity index (χ1) is 15.5. The third-order valence-electron chi connectivity index (χ3n) is 5.17. The topological polar surface area (TPSA) is 68.1 Å². The maximum Gasteiger partial charge on any atom is 0.319 e. The van der Waals surface area contributed by atoms with Gasteiger partial charge in [-0.25, -0.2) is 9.18 Å². The summed E-state index contributed by atoms with van der Waals surface area (Å²) in [5, 5.41) is 5.99. The summed E-state index contributed by atoms with van der Waals surface area (Å²) < 4.78 is 16.4. The molecule has 0 spiro atoms. The van der Waals surface area contributed by atoms with Crippen LogP contribution < -0.4 is 16.2 Å². The van der Waals surface area contributed by atoms with Gasteiger partial charge in [0.1, 0.15) is 5.82 Å². The summed E-state index contributed by atoms with van der Waals surface area (Å²) in [6.45, 7) is 0.801. The summed E-state index contributed by atoms with van der Waals surface area (Å²) in [7, 11) is 1.72. The van der Waals surface area contributed by atoms with Crippen molar-refractivity contribution >= 4 is 28.7 Å². The Balaban J connectivity index is 1.46. The molecular formula is C25H23FN4O2. The summed E-state index contributed by atoms with van der Waals surface area (Å²) in [4.78, 5) is 24.9. The van der Waals surface area contributed by atoms with Crippen molar-refractivity contribution < 1.29 is 9.18 Å². The smallest absolute Gasteiger partial charge is 0.319 e. The second-order valence-corrected chi connectivity index (χ2v) is 7.39. The van der Waals surface area contributed by atoms with Crippen molar-refractivity contribution in [1.82, 2.24) is 14.7 Å². The molecule has 0 aliphatic carbocycles. The van der Waals surface area contributed by atoms with E-state index in [0.717, 1.165) is 16.6 Å². The Bertz CT molecular complexity index is 1320.